The topological polar surface area (TPSA) is 144 Å². The summed E-state index contributed by atoms with van der Waals surface area (Å²) in [6, 6.07) is 15.4. The van der Waals surface area contributed by atoms with Gasteiger partial charge in [0.1, 0.15) is 11.3 Å². The van der Waals surface area contributed by atoms with E-state index in [1.807, 2.05) is 0 Å². The maximum atomic E-state index is 12.8. The molecule has 2 aromatic rings. The van der Waals surface area contributed by atoms with Crippen LogP contribution in [0.15, 0.2) is 60.7 Å². The summed E-state index contributed by atoms with van der Waals surface area (Å²) in [6.07, 6.45) is -0.407. The molecule has 0 heterocycles. The maximum Gasteiger partial charge on any atom is 0.326 e. The molecule has 0 aliphatic heterocycles. The Balaban J connectivity index is 2.13. The molecule has 0 aliphatic rings. The van der Waals surface area contributed by atoms with Gasteiger partial charge in [-0.25, -0.2) is 4.79 Å². The van der Waals surface area contributed by atoms with Crippen LogP contribution in [0.5, 0.6) is 0 Å². The molecule has 1 unspecified atom stereocenters. The summed E-state index contributed by atoms with van der Waals surface area (Å²) in [5.41, 5.74) is 5.88. The molecule has 0 aromatic heterocycles. The minimum atomic E-state index is -1.35. The summed E-state index contributed by atoms with van der Waals surface area (Å²) >= 11 is 1.58. The molecule has 2 aromatic carbocycles. The molecule has 2 amide bonds. The van der Waals surface area contributed by atoms with E-state index >= 15 is 0 Å². The number of rotatable bonds is 11. The predicted molar refractivity (Wildman–Crippen MR) is 123 cm³/mol. The fourth-order valence-electron chi connectivity index (χ4n) is 2.55. The second-order valence-corrected chi connectivity index (χ2v) is 8.80. The number of carboxylic acids is 1. The van der Waals surface area contributed by atoms with Crippen molar-refractivity contribution in [2.45, 2.75) is 24.1 Å². The number of primary amides is 1. The monoisotopic (exact) mass is 474 g/mol. The zero-order valence-corrected chi connectivity index (χ0v) is 18.6. The first-order valence-corrected chi connectivity index (χ1v) is 11.4. The second-order valence-electron chi connectivity index (χ2n) is 6.63. The number of carbonyl (C=O) groups excluding carboxylic acids is 4. The lowest BCUT2D eigenvalue weighted by Gasteiger charge is -2.19. The number of amides is 2. The molecule has 2 rings (SSSR count). The quantitative estimate of drug-likeness (QED) is 0.450. The zero-order chi connectivity index (χ0) is 23.5. The standard InChI is InChI=1S/C22H22N2O6S2/c23-18(25)12-11-16(20(27)28)24-19(26)17(32-22(30)15-9-5-2-6-10-15)13-31-21(29)14-7-3-1-4-8-14/h1-10,16-17H,11-13H2,(H2,23,25)(H,24,26)(H,27,28)/t16-,17?/m0/s1. The number of hydrogen-bond donors (Lipinski definition) is 3. The lowest BCUT2D eigenvalue weighted by molar-refractivity contribution is -0.142. The number of aliphatic carboxylic acids is 1. The third-order valence-electron chi connectivity index (χ3n) is 4.22. The lowest BCUT2D eigenvalue weighted by Crippen LogP contribution is -2.46. The fraction of sp³-hybridized carbons (Fsp3) is 0.227. The van der Waals surface area contributed by atoms with Gasteiger partial charge in [-0.2, -0.15) is 0 Å². The molecule has 0 aliphatic carbocycles. The van der Waals surface area contributed by atoms with E-state index in [1.54, 1.807) is 60.7 Å². The molecular formula is C22H22N2O6S2. The minimum Gasteiger partial charge on any atom is -0.480 e. The first-order valence-electron chi connectivity index (χ1n) is 9.57. The van der Waals surface area contributed by atoms with Crippen LogP contribution in [0, 0.1) is 0 Å². The van der Waals surface area contributed by atoms with E-state index in [-0.39, 0.29) is 28.8 Å². The Hall–Kier alpha value is -3.11. The summed E-state index contributed by atoms with van der Waals surface area (Å²) in [5, 5.41) is 10.00. The highest BCUT2D eigenvalue weighted by atomic mass is 32.2. The Morgan fingerprint density at radius 2 is 1.41 bits per heavy atom. The number of carboxylic acid groups (broad SMARTS) is 1. The van der Waals surface area contributed by atoms with Crippen LogP contribution in [0.3, 0.4) is 0 Å². The van der Waals surface area contributed by atoms with Crippen LogP contribution in [-0.2, 0) is 14.4 Å². The SMILES string of the molecule is NC(=O)CC[C@H](NC(=O)C(CSC(=O)c1ccccc1)SC(=O)c1ccccc1)C(=O)O. The van der Waals surface area contributed by atoms with Gasteiger partial charge < -0.3 is 16.2 Å². The molecule has 0 saturated heterocycles. The molecule has 0 fully saturated rings. The van der Waals surface area contributed by atoms with Gasteiger partial charge in [-0.3, -0.25) is 19.2 Å². The van der Waals surface area contributed by atoms with E-state index < -0.39 is 29.1 Å². The van der Waals surface area contributed by atoms with Crippen molar-refractivity contribution in [3.63, 3.8) is 0 Å². The Morgan fingerprint density at radius 1 is 0.875 bits per heavy atom. The van der Waals surface area contributed by atoms with Crippen LogP contribution in [-0.4, -0.2) is 50.2 Å². The van der Waals surface area contributed by atoms with E-state index in [1.165, 1.54) is 0 Å². The Morgan fingerprint density at radius 3 is 1.91 bits per heavy atom. The summed E-state index contributed by atoms with van der Waals surface area (Å²) in [7, 11) is 0. The van der Waals surface area contributed by atoms with Gasteiger partial charge in [-0.1, -0.05) is 84.2 Å². The summed E-state index contributed by atoms with van der Waals surface area (Å²) in [6.45, 7) is 0. The molecule has 32 heavy (non-hydrogen) atoms. The maximum absolute atomic E-state index is 12.8. The molecule has 0 radical (unpaired) electrons. The summed E-state index contributed by atoms with van der Waals surface area (Å²) in [5.74, 6) is -2.79. The predicted octanol–water partition coefficient (Wildman–Crippen LogP) is 2.34. The van der Waals surface area contributed by atoms with E-state index in [0.717, 1.165) is 11.8 Å². The molecular weight excluding hydrogens is 452 g/mol. The summed E-state index contributed by atoms with van der Waals surface area (Å²) in [4.78, 5) is 60.3. The normalized spacial score (nSPS) is 12.4. The van der Waals surface area contributed by atoms with Crippen LogP contribution < -0.4 is 11.1 Å². The van der Waals surface area contributed by atoms with Crippen molar-refractivity contribution in [3.8, 4) is 0 Å². The van der Waals surface area contributed by atoms with Crippen LogP contribution in [0.4, 0.5) is 0 Å². The molecule has 2 atom stereocenters. The fourth-order valence-corrected chi connectivity index (χ4v) is 4.49. The molecule has 8 nitrogen and oxygen atoms in total. The van der Waals surface area contributed by atoms with Gasteiger partial charge in [0.15, 0.2) is 0 Å². The van der Waals surface area contributed by atoms with E-state index in [2.05, 4.69) is 5.32 Å². The minimum absolute atomic E-state index is 0.0506. The Bertz CT molecular complexity index is 969. The van der Waals surface area contributed by atoms with Crippen molar-refractivity contribution in [1.82, 2.24) is 5.32 Å². The van der Waals surface area contributed by atoms with Gasteiger partial charge >= 0.3 is 5.97 Å². The van der Waals surface area contributed by atoms with E-state index in [9.17, 15) is 29.1 Å². The van der Waals surface area contributed by atoms with Crippen molar-refractivity contribution in [2.75, 3.05) is 5.75 Å². The molecule has 10 heteroatoms. The number of carbonyl (C=O) groups is 5. The summed E-state index contributed by atoms with van der Waals surface area (Å²) < 4.78 is 0. The van der Waals surface area contributed by atoms with Crippen LogP contribution in [0.1, 0.15) is 33.6 Å². The first kappa shape index (κ1) is 25.2. The largest absolute Gasteiger partial charge is 0.480 e. The van der Waals surface area contributed by atoms with Crippen LogP contribution >= 0.6 is 23.5 Å². The number of hydrogen-bond acceptors (Lipinski definition) is 7. The van der Waals surface area contributed by atoms with Crippen molar-refractivity contribution < 1.29 is 29.1 Å². The van der Waals surface area contributed by atoms with E-state index in [4.69, 9.17) is 5.73 Å². The van der Waals surface area contributed by atoms with Gasteiger partial charge in [0.2, 0.25) is 22.0 Å². The number of thioether (sulfide) groups is 2. The van der Waals surface area contributed by atoms with Crippen molar-refractivity contribution in [1.29, 1.82) is 0 Å². The molecule has 4 N–H and O–H groups in total. The van der Waals surface area contributed by atoms with Crippen molar-refractivity contribution >= 4 is 51.5 Å². The molecule has 0 saturated carbocycles. The number of nitrogens with one attached hydrogen (secondary N) is 1. The zero-order valence-electron chi connectivity index (χ0n) is 16.9. The highest BCUT2D eigenvalue weighted by Crippen LogP contribution is 2.24. The number of nitrogens with two attached hydrogens (primary N) is 1. The van der Waals surface area contributed by atoms with Gasteiger partial charge in [0, 0.05) is 23.3 Å². The average Bonchev–Trinajstić information content (AvgIpc) is 2.79. The van der Waals surface area contributed by atoms with Gasteiger partial charge in [-0.05, 0) is 6.42 Å². The highest BCUT2D eigenvalue weighted by molar-refractivity contribution is 8.18. The van der Waals surface area contributed by atoms with Gasteiger partial charge in [-0.15, -0.1) is 0 Å². The lowest BCUT2D eigenvalue weighted by atomic mass is 10.1. The Labute approximate surface area is 193 Å². The number of benzene rings is 2. The first-order chi connectivity index (χ1) is 15.3. The van der Waals surface area contributed by atoms with Crippen molar-refractivity contribution in [3.05, 3.63) is 71.8 Å². The van der Waals surface area contributed by atoms with Crippen LogP contribution in [0.25, 0.3) is 0 Å². The third kappa shape index (κ3) is 8.20. The molecule has 168 valence electrons. The highest BCUT2D eigenvalue weighted by Gasteiger charge is 2.29. The van der Waals surface area contributed by atoms with Gasteiger partial charge in [0.25, 0.3) is 0 Å². The van der Waals surface area contributed by atoms with Crippen molar-refractivity contribution in [2.24, 2.45) is 5.73 Å². The molecule has 0 spiro atoms. The van der Waals surface area contributed by atoms with E-state index in [0.29, 0.717) is 22.9 Å². The van der Waals surface area contributed by atoms with Crippen LogP contribution in [0.2, 0.25) is 0 Å². The Kier molecular flexibility index (Phi) is 9.96. The third-order valence-corrected chi connectivity index (χ3v) is 6.54. The second kappa shape index (κ2) is 12.7. The average molecular weight is 475 g/mol. The van der Waals surface area contributed by atoms with Gasteiger partial charge in [0.05, 0.1) is 0 Å². The molecule has 0 bridgehead atoms. The smallest absolute Gasteiger partial charge is 0.326 e.